The third-order valence-corrected chi connectivity index (χ3v) is 5.65. The summed E-state index contributed by atoms with van der Waals surface area (Å²) in [7, 11) is 3.84. The zero-order valence-corrected chi connectivity index (χ0v) is 19.6. The highest BCUT2D eigenvalue weighted by molar-refractivity contribution is 9.11. The molecule has 1 aliphatic rings. The van der Waals surface area contributed by atoms with Crippen molar-refractivity contribution in [2.24, 2.45) is 0 Å². The Balaban J connectivity index is 2.03. The monoisotopic (exact) mass is 458 g/mol. The molecule has 1 fully saturated rings. The second-order valence-corrected chi connectivity index (χ2v) is 8.11. The molecule has 158 valence electrons. The Morgan fingerprint density at radius 2 is 1.79 bits per heavy atom. The molecule has 1 aromatic carbocycles. The first kappa shape index (κ1) is 23.1. The van der Waals surface area contributed by atoms with Crippen LogP contribution < -0.4 is 20.9 Å². The number of hydrogen-bond donors (Lipinski definition) is 3. The summed E-state index contributed by atoms with van der Waals surface area (Å²) in [6, 6.07) is 8.92. The minimum Gasteiger partial charge on any atom is -0.393 e. The van der Waals surface area contributed by atoms with Gasteiger partial charge in [-0.3, -0.25) is 0 Å². The summed E-state index contributed by atoms with van der Waals surface area (Å²) < 4.78 is 0.977. The van der Waals surface area contributed by atoms with Gasteiger partial charge in [-0.05, 0) is 65.4 Å². The maximum Gasteiger partial charge on any atom is 0.0400 e. The summed E-state index contributed by atoms with van der Waals surface area (Å²) in [5.41, 5.74) is 5.75. The standard InChI is InChI=1S/C24H35BrN4/c1-5-24(27-4)23(14-11-21(25)18-26-3)19(2)28-17-20-9-12-22(13-10-20)29-15-7-6-8-16-29/h9-14,18,26-28H,2,5-8,15-17H2,1,3-4H3/b14-11-,21-18+,24-23+. The first-order valence-electron chi connectivity index (χ1n) is 10.5. The molecule has 1 saturated heterocycles. The molecule has 0 spiro atoms. The number of benzene rings is 1. The molecule has 5 heteroatoms. The van der Waals surface area contributed by atoms with E-state index in [2.05, 4.69) is 80.6 Å². The van der Waals surface area contributed by atoms with E-state index in [9.17, 15) is 0 Å². The largest absolute Gasteiger partial charge is 0.393 e. The van der Waals surface area contributed by atoms with Gasteiger partial charge in [-0.1, -0.05) is 31.7 Å². The third kappa shape index (κ3) is 7.32. The maximum absolute atomic E-state index is 4.28. The van der Waals surface area contributed by atoms with E-state index < -0.39 is 0 Å². The fraction of sp³-hybridized carbons (Fsp3) is 0.417. The second kappa shape index (κ2) is 12.4. The highest BCUT2D eigenvalue weighted by Gasteiger charge is 2.11. The van der Waals surface area contributed by atoms with Crippen molar-refractivity contribution in [2.75, 3.05) is 32.1 Å². The number of anilines is 1. The van der Waals surface area contributed by atoms with Crippen LogP contribution in [0.1, 0.15) is 38.2 Å². The minimum atomic E-state index is 0.755. The maximum atomic E-state index is 4.28. The molecule has 0 amide bonds. The first-order chi connectivity index (χ1) is 14.1. The number of halogens is 1. The SMILES string of the molecule is C=C(NCc1ccc(N2CCCCC2)cc1)C(/C=C\C(Br)=C/NC)=C(\CC)NC. The molecule has 1 heterocycles. The normalized spacial score (nSPS) is 15.9. The van der Waals surface area contributed by atoms with Crippen molar-refractivity contribution in [1.82, 2.24) is 16.0 Å². The van der Waals surface area contributed by atoms with Crippen molar-refractivity contribution in [3.63, 3.8) is 0 Å². The summed E-state index contributed by atoms with van der Waals surface area (Å²) in [5.74, 6) is 0. The molecule has 0 saturated carbocycles. The van der Waals surface area contributed by atoms with Crippen molar-refractivity contribution in [3.05, 3.63) is 76.2 Å². The molecule has 0 atom stereocenters. The van der Waals surface area contributed by atoms with E-state index in [4.69, 9.17) is 0 Å². The highest BCUT2D eigenvalue weighted by Crippen LogP contribution is 2.21. The fourth-order valence-electron chi connectivity index (χ4n) is 3.51. The van der Waals surface area contributed by atoms with E-state index in [-0.39, 0.29) is 0 Å². The third-order valence-electron chi connectivity index (χ3n) is 5.16. The Bertz CT molecular complexity index is 735. The second-order valence-electron chi connectivity index (χ2n) is 7.19. The number of hydrogen-bond acceptors (Lipinski definition) is 4. The van der Waals surface area contributed by atoms with Gasteiger partial charge in [0.25, 0.3) is 0 Å². The number of allylic oxidation sites excluding steroid dienone is 4. The predicted molar refractivity (Wildman–Crippen MR) is 130 cm³/mol. The summed E-state index contributed by atoms with van der Waals surface area (Å²) in [6.45, 7) is 9.53. The van der Waals surface area contributed by atoms with E-state index in [1.807, 2.05) is 26.4 Å². The van der Waals surface area contributed by atoms with Crippen molar-refractivity contribution in [2.45, 2.75) is 39.2 Å². The van der Waals surface area contributed by atoms with E-state index in [0.717, 1.165) is 34.4 Å². The van der Waals surface area contributed by atoms with Crippen LogP contribution in [0, 0.1) is 0 Å². The number of nitrogens with zero attached hydrogens (tertiary/aromatic N) is 1. The van der Waals surface area contributed by atoms with Gasteiger partial charge < -0.3 is 20.9 Å². The molecule has 0 bridgehead atoms. The lowest BCUT2D eigenvalue weighted by Crippen LogP contribution is -2.29. The minimum absolute atomic E-state index is 0.755. The Morgan fingerprint density at radius 3 is 2.38 bits per heavy atom. The summed E-state index contributed by atoms with van der Waals surface area (Å²) >= 11 is 3.54. The molecule has 3 N–H and O–H groups in total. The van der Waals surface area contributed by atoms with Crippen molar-refractivity contribution >= 4 is 21.6 Å². The van der Waals surface area contributed by atoms with Crippen LogP contribution in [0.2, 0.25) is 0 Å². The average Bonchev–Trinajstić information content (AvgIpc) is 2.76. The van der Waals surface area contributed by atoms with Gasteiger partial charge in [0.1, 0.15) is 0 Å². The van der Waals surface area contributed by atoms with Crippen molar-refractivity contribution < 1.29 is 0 Å². The van der Waals surface area contributed by atoms with Crippen LogP contribution in [-0.2, 0) is 6.54 Å². The lowest BCUT2D eigenvalue weighted by Gasteiger charge is -2.28. The molecule has 0 unspecified atom stereocenters. The quantitative estimate of drug-likeness (QED) is 0.422. The zero-order valence-electron chi connectivity index (χ0n) is 18.0. The average molecular weight is 459 g/mol. The summed E-state index contributed by atoms with van der Waals surface area (Å²) in [5, 5.41) is 9.82. The van der Waals surface area contributed by atoms with Gasteiger partial charge in [-0.2, -0.15) is 0 Å². The molecular weight excluding hydrogens is 424 g/mol. The van der Waals surface area contributed by atoms with Crippen LogP contribution in [0.5, 0.6) is 0 Å². The Hall–Kier alpha value is -2.14. The van der Waals surface area contributed by atoms with Crippen molar-refractivity contribution in [1.29, 1.82) is 0 Å². The van der Waals surface area contributed by atoms with Gasteiger partial charge in [0.2, 0.25) is 0 Å². The molecule has 1 aromatic rings. The Labute approximate surface area is 185 Å². The van der Waals surface area contributed by atoms with E-state index in [1.165, 1.54) is 43.6 Å². The van der Waals surface area contributed by atoms with Gasteiger partial charge in [-0.25, -0.2) is 0 Å². The van der Waals surface area contributed by atoms with Crippen molar-refractivity contribution in [3.8, 4) is 0 Å². The topological polar surface area (TPSA) is 39.3 Å². The lowest BCUT2D eigenvalue weighted by atomic mass is 10.1. The molecule has 0 aliphatic carbocycles. The molecule has 2 rings (SSSR count). The Morgan fingerprint density at radius 1 is 1.10 bits per heavy atom. The van der Waals surface area contributed by atoms with Gasteiger partial charge >= 0.3 is 0 Å². The molecule has 1 aliphatic heterocycles. The summed E-state index contributed by atoms with van der Waals surface area (Å²) in [6.07, 6.45) is 10.9. The number of rotatable bonds is 10. The predicted octanol–water partition coefficient (Wildman–Crippen LogP) is 5.18. The van der Waals surface area contributed by atoms with Gasteiger partial charge in [0.15, 0.2) is 0 Å². The molecule has 0 radical (unpaired) electrons. The molecule has 29 heavy (non-hydrogen) atoms. The summed E-state index contributed by atoms with van der Waals surface area (Å²) in [4.78, 5) is 2.49. The number of nitrogens with one attached hydrogen (secondary N) is 3. The lowest BCUT2D eigenvalue weighted by molar-refractivity contribution is 0.578. The van der Waals surface area contributed by atoms with E-state index in [1.54, 1.807) is 0 Å². The van der Waals surface area contributed by atoms with Gasteiger partial charge in [0.05, 0.1) is 0 Å². The van der Waals surface area contributed by atoms with Crippen LogP contribution in [0.15, 0.2) is 70.6 Å². The molecular formula is C24H35BrN4. The van der Waals surface area contributed by atoms with Crippen LogP contribution in [0.3, 0.4) is 0 Å². The van der Waals surface area contributed by atoms with Crippen LogP contribution in [0.4, 0.5) is 5.69 Å². The Kier molecular flexibility index (Phi) is 9.92. The molecule has 4 nitrogen and oxygen atoms in total. The first-order valence-corrected chi connectivity index (χ1v) is 11.3. The van der Waals surface area contributed by atoms with Crippen LogP contribution >= 0.6 is 15.9 Å². The van der Waals surface area contributed by atoms with Gasteiger partial charge in [-0.15, -0.1) is 0 Å². The fourth-order valence-corrected chi connectivity index (χ4v) is 3.88. The van der Waals surface area contributed by atoms with Crippen LogP contribution in [-0.4, -0.2) is 27.2 Å². The zero-order chi connectivity index (χ0) is 21.1. The smallest absolute Gasteiger partial charge is 0.0400 e. The van der Waals surface area contributed by atoms with Crippen LogP contribution in [0.25, 0.3) is 0 Å². The van der Waals surface area contributed by atoms with E-state index in [0.29, 0.717) is 0 Å². The number of piperidine rings is 1. The van der Waals surface area contributed by atoms with Gasteiger partial charge in [0, 0.05) is 67.1 Å². The molecule has 0 aromatic heterocycles. The highest BCUT2D eigenvalue weighted by atomic mass is 79.9. The van der Waals surface area contributed by atoms with E-state index >= 15 is 0 Å².